The third-order valence-electron chi connectivity index (χ3n) is 3.76. The topological polar surface area (TPSA) is 82.4 Å². The standard InChI is InChI=1S/C20H23N3O3/c1-2-24-11-12-25-20-6-4-3-5-18(20)19-13-16(22-23-19)14-26-17-9-7-15(21)8-10-17/h3-10,13H,2,11-12,14,21H2,1H3,(H,22,23). The second-order valence-electron chi connectivity index (χ2n) is 5.68. The number of nitrogen functional groups attached to an aromatic ring is 1. The summed E-state index contributed by atoms with van der Waals surface area (Å²) in [7, 11) is 0. The molecule has 0 unspecified atom stereocenters. The Morgan fingerprint density at radius 1 is 1.00 bits per heavy atom. The van der Waals surface area contributed by atoms with E-state index in [0.29, 0.717) is 32.1 Å². The molecule has 0 atom stereocenters. The molecule has 0 bridgehead atoms. The van der Waals surface area contributed by atoms with Gasteiger partial charge in [0.25, 0.3) is 0 Å². The molecule has 0 aliphatic heterocycles. The van der Waals surface area contributed by atoms with Crippen molar-refractivity contribution >= 4 is 5.69 Å². The fraction of sp³-hybridized carbons (Fsp3) is 0.250. The molecule has 3 rings (SSSR count). The number of nitrogens with one attached hydrogen (secondary N) is 1. The van der Waals surface area contributed by atoms with Gasteiger partial charge in [0.15, 0.2) is 0 Å². The molecule has 136 valence electrons. The highest BCUT2D eigenvalue weighted by atomic mass is 16.5. The van der Waals surface area contributed by atoms with Gasteiger partial charge in [-0.1, -0.05) is 12.1 Å². The summed E-state index contributed by atoms with van der Waals surface area (Å²) in [5, 5.41) is 7.39. The summed E-state index contributed by atoms with van der Waals surface area (Å²) in [5.41, 5.74) is 9.00. The Labute approximate surface area is 152 Å². The number of hydrogen-bond donors (Lipinski definition) is 2. The van der Waals surface area contributed by atoms with Gasteiger partial charge in [-0.2, -0.15) is 5.10 Å². The van der Waals surface area contributed by atoms with E-state index in [1.54, 1.807) is 0 Å². The van der Waals surface area contributed by atoms with Gasteiger partial charge in [-0.05, 0) is 49.4 Å². The predicted octanol–water partition coefficient (Wildman–Crippen LogP) is 3.65. The molecule has 1 heterocycles. The first-order chi connectivity index (χ1) is 12.8. The van der Waals surface area contributed by atoms with Crippen LogP contribution in [0.1, 0.15) is 12.6 Å². The fourth-order valence-corrected chi connectivity index (χ4v) is 2.46. The van der Waals surface area contributed by atoms with Crippen molar-refractivity contribution in [3.63, 3.8) is 0 Å². The average molecular weight is 353 g/mol. The van der Waals surface area contributed by atoms with E-state index in [9.17, 15) is 0 Å². The van der Waals surface area contributed by atoms with Crippen molar-refractivity contribution in [2.75, 3.05) is 25.6 Å². The van der Waals surface area contributed by atoms with E-state index < -0.39 is 0 Å². The molecule has 0 spiro atoms. The van der Waals surface area contributed by atoms with E-state index >= 15 is 0 Å². The number of anilines is 1. The van der Waals surface area contributed by atoms with Crippen molar-refractivity contribution < 1.29 is 14.2 Å². The lowest BCUT2D eigenvalue weighted by Crippen LogP contribution is -2.06. The lowest BCUT2D eigenvalue weighted by atomic mass is 10.1. The maximum Gasteiger partial charge on any atom is 0.130 e. The van der Waals surface area contributed by atoms with Crippen LogP contribution >= 0.6 is 0 Å². The largest absolute Gasteiger partial charge is 0.490 e. The van der Waals surface area contributed by atoms with E-state index in [-0.39, 0.29) is 0 Å². The van der Waals surface area contributed by atoms with Gasteiger partial charge >= 0.3 is 0 Å². The van der Waals surface area contributed by atoms with Crippen LogP contribution in [0, 0.1) is 0 Å². The van der Waals surface area contributed by atoms with E-state index in [2.05, 4.69) is 10.2 Å². The van der Waals surface area contributed by atoms with Gasteiger partial charge in [0, 0.05) is 17.9 Å². The van der Waals surface area contributed by atoms with E-state index in [0.717, 1.165) is 28.5 Å². The van der Waals surface area contributed by atoms with Crippen molar-refractivity contribution in [2.45, 2.75) is 13.5 Å². The van der Waals surface area contributed by atoms with Crippen LogP contribution in [0.3, 0.4) is 0 Å². The molecule has 0 radical (unpaired) electrons. The Kier molecular flexibility index (Phi) is 6.11. The Morgan fingerprint density at radius 2 is 1.81 bits per heavy atom. The lowest BCUT2D eigenvalue weighted by molar-refractivity contribution is 0.110. The lowest BCUT2D eigenvalue weighted by Gasteiger charge is -2.09. The summed E-state index contributed by atoms with van der Waals surface area (Å²) in [6.45, 7) is 4.10. The number of H-pyrrole nitrogens is 1. The van der Waals surface area contributed by atoms with Crippen LogP contribution in [0.4, 0.5) is 5.69 Å². The Balaban J connectivity index is 1.64. The summed E-state index contributed by atoms with van der Waals surface area (Å²) >= 11 is 0. The molecule has 3 aromatic rings. The molecule has 0 aliphatic carbocycles. The number of nitrogens with two attached hydrogens (primary N) is 1. The molecule has 1 aromatic heterocycles. The molecular formula is C20H23N3O3. The third-order valence-corrected chi connectivity index (χ3v) is 3.76. The van der Waals surface area contributed by atoms with Crippen LogP contribution in [0.2, 0.25) is 0 Å². The first kappa shape index (κ1) is 17.8. The normalized spacial score (nSPS) is 10.7. The Hall–Kier alpha value is -2.99. The van der Waals surface area contributed by atoms with Crippen LogP contribution in [0.25, 0.3) is 11.3 Å². The van der Waals surface area contributed by atoms with Gasteiger partial charge in [0.2, 0.25) is 0 Å². The van der Waals surface area contributed by atoms with Crippen molar-refractivity contribution in [3.8, 4) is 22.8 Å². The van der Waals surface area contributed by atoms with E-state index in [1.807, 2.05) is 61.5 Å². The zero-order valence-corrected chi connectivity index (χ0v) is 14.8. The number of rotatable bonds is 9. The molecule has 3 N–H and O–H groups in total. The fourth-order valence-electron chi connectivity index (χ4n) is 2.46. The average Bonchev–Trinajstić information content (AvgIpc) is 3.14. The number of ether oxygens (including phenoxy) is 3. The molecular weight excluding hydrogens is 330 g/mol. The van der Waals surface area contributed by atoms with Crippen LogP contribution in [-0.4, -0.2) is 30.0 Å². The number of aromatic amines is 1. The highest BCUT2D eigenvalue weighted by molar-refractivity contribution is 5.67. The molecule has 0 fully saturated rings. The summed E-state index contributed by atoms with van der Waals surface area (Å²) in [6.07, 6.45) is 0. The maximum atomic E-state index is 5.82. The first-order valence-electron chi connectivity index (χ1n) is 8.59. The van der Waals surface area contributed by atoms with Gasteiger partial charge in [0.05, 0.1) is 18.0 Å². The van der Waals surface area contributed by atoms with Gasteiger partial charge in [0.1, 0.15) is 24.7 Å². The second-order valence-corrected chi connectivity index (χ2v) is 5.68. The predicted molar refractivity (Wildman–Crippen MR) is 101 cm³/mol. The van der Waals surface area contributed by atoms with Crippen molar-refractivity contribution in [1.82, 2.24) is 10.2 Å². The SMILES string of the molecule is CCOCCOc1ccccc1-c1cc(COc2ccc(N)cc2)[nH]n1. The van der Waals surface area contributed by atoms with Crippen molar-refractivity contribution in [1.29, 1.82) is 0 Å². The maximum absolute atomic E-state index is 5.82. The van der Waals surface area contributed by atoms with Crippen LogP contribution in [0.15, 0.2) is 54.6 Å². The highest BCUT2D eigenvalue weighted by Gasteiger charge is 2.10. The van der Waals surface area contributed by atoms with Crippen LogP contribution in [-0.2, 0) is 11.3 Å². The minimum absolute atomic E-state index is 0.393. The number of para-hydroxylation sites is 1. The van der Waals surface area contributed by atoms with Crippen LogP contribution in [0.5, 0.6) is 11.5 Å². The van der Waals surface area contributed by atoms with E-state index in [1.165, 1.54) is 0 Å². The van der Waals surface area contributed by atoms with Gasteiger partial charge in [-0.25, -0.2) is 0 Å². The molecule has 2 aromatic carbocycles. The minimum Gasteiger partial charge on any atom is -0.490 e. The van der Waals surface area contributed by atoms with Crippen molar-refractivity contribution in [3.05, 3.63) is 60.3 Å². The first-order valence-corrected chi connectivity index (χ1v) is 8.59. The summed E-state index contributed by atoms with van der Waals surface area (Å²) in [4.78, 5) is 0. The van der Waals surface area contributed by atoms with Gasteiger partial charge < -0.3 is 19.9 Å². The Bertz CT molecular complexity index is 815. The minimum atomic E-state index is 0.393. The van der Waals surface area contributed by atoms with Gasteiger partial charge in [-0.15, -0.1) is 0 Å². The zero-order chi connectivity index (χ0) is 18.2. The summed E-state index contributed by atoms with van der Waals surface area (Å²) in [5.74, 6) is 1.54. The zero-order valence-electron chi connectivity index (χ0n) is 14.8. The smallest absolute Gasteiger partial charge is 0.130 e. The molecule has 0 saturated heterocycles. The summed E-state index contributed by atoms with van der Waals surface area (Å²) < 4.78 is 16.9. The third kappa shape index (κ3) is 4.77. The summed E-state index contributed by atoms with van der Waals surface area (Å²) in [6, 6.07) is 17.1. The Morgan fingerprint density at radius 3 is 2.62 bits per heavy atom. The highest BCUT2D eigenvalue weighted by Crippen LogP contribution is 2.29. The second kappa shape index (κ2) is 8.92. The molecule has 6 nitrogen and oxygen atoms in total. The van der Waals surface area contributed by atoms with E-state index in [4.69, 9.17) is 19.9 Å². The molecule has 0 saturated carbocycles. The quantitative estimate of drug-likeness (QED) is 0.453. The monoisotopic (exact) mass is 353 g/mol. The number of nitrogens with zero attached hydrogens (tertiary/aromatic N) is 1. The molecule has 0 aliphatic rings. The number of hydrogen-bond acceptors (Lipinski definition) is 5. The van der Waals surface area contributed by atoms with Crippen molar-refractivity contribution in [2.24, 2.45) is 0 Å². The molecule has 26 heavy (non-hydrogen) atoms. The molecule has 6 heteroatoms. The van der Waals surface area contributed by atoms with Crippen LogP contribution < -0.4 is 15.2 Å². The van der Waals surface area contributed by atoms with Gasteiger partial charge in [-0.3, -0.25) is 5.10 Å². The number of benzene rings is 2. The number of aromatic nitrogens is 2. The molecule has 0 amide bonds.